The highest BCUT2D eigenvalue weighted by molar-refractivity contribution is 5.94. The molecule has 1 N–H and O–H groups in total. The molecule has 0 aliphatic carbocycles. The molecule has 0 spiro atoms. The number of nitrogens with zero attached hydrogens (tertiary/aromatic N) is 4. The van der Waals surface area contributed by atoms with Crippen LogP contribution in [0.4, 0.5) is 15.9 Å². The van der Waals surface area contributed by atoms with Crippen LogP contribution in [-0.4, -0.2) is 68.1 Å². The van der Waals surface area contributed by atoms with Crippen molar-refractivity contribution in [1.29, 1.82) is 0 Å². The summed E-state index contributed by atoms with van der Waals surface area (Å²) in [6, 6.07) is 10.4. The first-order valence-electron chi connectivity index (χ1n) is 10.3. The van der Waals surface area contributed by atoms with E-state index in [0.29, 0.717) is 12.1 Å². The van der Waals surface area contributed by atoms with E-state index in [2.05, 4.69) is 38.8 Å². The molecule has 29 heavy (non-hydrogen) atoms. The Morgan fingerprint density at radius 1 is 1.07 bits per heavy atom. The number of nitrogens with one attached hydrogen (secondary N) is 1. The van der Waals surface area contributed by atoms with Gasteiger partial charge in [-0.3, -0.25) is 9.69 Å². The molecule has 0 unspecified atom stereocenters. The largest absolute Gasteiger partial charge is 0.369 e. The zero-order valence-electron chi connectivity index (χ0n) is 17.3. The third-order valence-corrected chi connectivity index (χ3v) is 5.38. The third kappa shape index (κ3) is 5.67. The first kappa shape index (κ1) is 21.0. The average Bonchev–Trinajstić information content (AvgIpc) is 2.76. The molecule has 0 atom stereocenters. The van der Waals surface area contributed by atoms with Gasteiger partial charge in [0.15, 0.2) is 0 Å². The van der Waals surface area contributed by atoms with E-state index in [9.17, 15) is 9.18 Å². The molecule has 1 aliphatic rings. The summed E-state index contributed by atoms with van der Waals surface area (Å²) in [6.07, 6.45) is 1.64. The molecule has 3 rings (SSSR count). The highest BCUT2D eigenvalue weighted by atomic mass is 19.1. The van der Waals surface area contributed by atoms with Gasteiger partial charge in [-0.15, -0.1) is 0 Å². The topological polar surface area (TPSA) is 51.7 Å². The maximum atomic E-state index is 13.1. The van der Waals surface area contributed by atoms with Gasteiger partial charge in [0.25, 0.3) is 5.91 Å². The summed E-state index contributed by atoms with van der Waals surface area (Å²) < 4.78 is 13.1. The van der Waals surface area contributed by atoms with Gasteiger partial charge in [0, 0.05) is 64.2 Å². The van der Waals surface area contributed by atoms with Crippen molar-refractivity contribution < 1.29 is 9.18 Å². The molecule has 2 heterocycles. The highest BCUT2D eigenvalue weighted by Gasteiger charge is 2.17. The molecule has 0 saturated carbocycles. The zero-order valence-corrected chi connectivity index (χ0v) is 17.3. The quantitative estimate of drug-likeness (QED) is 0.740. The minimum Gasteiger partial charge on any atom is -0.369 e. The summed E-state index contributed by atoms with van der Waals surface area (Å²) in [7, 11) is 0. The zero-order chi connectivity index (χ0) is 20.6. The van der Waals surface area contributed by atoms with Gasteiger partial charge in [0.2, 0.25) is 0 Å². The lowest BCUT2D eigenvalue weighted by molar-refractivity contribution is 0.0947. The molecule has 2 aromatic rings. The molecule has 1 saturated heterocycles. The molecule has 156 valence electrons. The van der Waals surface area contributed by atoms with E-state index in [0.717, 1.165) is 57.3 Å². The van der Waals surface area contributed by atoms with Crippen molar-refractivity contribution in [3.8, 4) is 0 Å². The molecular formula is C22H30FN5O. The summed E-state index contributed by atoms with van der Waals surface area (Å²) in [6.45, 7) is 11.0. The van der Waals surface area contributed by atoms with Crippen molar-refractivity contribution in [2.24, 2.45) is 0 Å². The molecular weight excluding hydrogens is 369 g/mol. The second-order valence-corrected chi connectivity index (χ2v) is 7.14. The SMILES string of the molecule is CCN(CC)c1ccc(C(=O)NCCN2CCN(c3ccc(F)cc3)CC2)cn1. The fourth-order valence-corrected chi connectivity index (χ4v) is 3.57. The van der Waals surface area contributed by atoms with Crippen molar-refractivity contribution in [3.05, 3.63) is 54.0 Å². The van der Waals surface area contributed by atoms with Crippen LogP contribution in [0.2, 0.25) is 0 Å². The van der Waals surface area contributed by atoms with Crippen molar-refractivity contribution in [3.63, 3.8) is 0 Å². The van der Waals surface area contributed by atoms with Gasteiger partial charge in [-0.25, -0.2) is 9.37 Å². The third-order valence-electron chi connectivity index (χ3n) is 5.38. The van der Waals surface area contributed by atoms with E-state index in [4.69, 9.17) is 0 Å². The number of hydrogen-bond donors (Lipinski definition) is 1. The number of amides is 1. The number of anilines is 2. The van der Waals surface area contributed by atoms with E-state index in [1.807, 2.05) is 24.3 Å². The second kappa shape index (κ2) is 10.2. The van der Waals surface area contributed by atoms with Crippen LogP contribution >= 0.6 is 0 Å². The lowest BCUT2D eigenvalue weighted by Gasteiger charge is -2.36. The average molecular weight is 400 g/mol. The molecule has 1 aromatic heterocycles. The van der Waals surface area contributed by atoms with E-state index in [-0.39, 0.29) is 11.7 Å². The van der Waals surface area contributed by atoms with Crippen LogP contribution in [0.5, 0.6) is 0 Å². The van der Waals surface area contributed by atoms with Crippen molar-refractivity contribution in [2.45, 2.75) is 13.8 Å². The Morgan fingerprint density at radius 2 is 1.76 bits per heavy atom. The Kier molecular flexibility index (Phi) is 7.41. The summed E-state index contributed by atoms with van der Waals surface area (Å²) in [5, 5.41) is 2.98. The summed E-state index contributed by atoms with van der Waals surface area (Å²) in [5.41, 5.74) is 1.64. The number of hydrogen-bond acceptors (Lipinski definition) is 5. The van der Waals surface area contributed by atoms with Crippen molar-refractivity contribution in [1.82, 2.24) is 15.2 Å². The van der Waals surface area contributed by atoms with Gasteiger partial charge in [0.1, 0.15) is 11.6 Å². The highest BCUT2D eigenvalue weighted by Crippen LogP contribution is 2.16. The van der Waals surface area contributed by atoms with Gasteiger partial charge in [-0.1, -0.05) is 0 Å². The number of halogens is 1. The van der Waals surface area contributed by atoms with E-state index >= 15 is 0 Å². The number of aromatic nitrogens is 1. The van der Waals surface area contributed by atoms with E-state index in [1.54, 1.807) is 6.20 Å². The number of benzene rings is 1. The standard InChI is InChI=1S/C22H30FN5O/c1-3-27(4-2)21-10-5-18(17-25-21)22(29)24-11-12-26-13-15-28(16-14-26)20-8-6-19(23)7-9-20/h5-10,17H,3-4,11-16H2,1-2H3,(H,24,29). The Morgan fingerprint density at radius 3 is 2.34 bits per heavy atom. The Hall–Kier alpha value is -2.67. The van der Waals surface area contributed by atoms with Gasteiger partial charge >= 0.3 is 0 Å². The van der Waals surface area contributed by atoms with Crippen LogP contribution in [0.3, 0.4) is 0 Å². The number of carbonyl (C=O) groups is 1. The number of carbonyl (C=O) groups excluding carboxylic acids is 1. The van der Waals surface area contributed by atoms with Gasteiger partial charge in [-0.2, -0.15) is 0 Å². The maximum absolute atomic E-state index is 13.1. The lowest BCUT2D eigenvalue weighted by atomic mass is 10.2. The smallest absolute Gasteiger partial charge is 0.252 e. The lowest BCUT2D eigenvalue weighted by Crippen LogP contribution is -2.48. The molecule has 0 bridgehead atoms. The van der Waals surface area contributed by atoms with Gasteiger partial charge in [0.05, 0.1) is 5.56 Å². The number of pyridine rings is 1. The molecule has 1 aromatic carbocycles. The van der Waals surface area contributed by atoms with Crippen LogP contribution in [-0.2, 0) is 0 Å². The maximum Gasteiger partial charge on any atom is 0.252 e. The van der Waals surface area contributed by atoms with E-state index < -0.39 is 0 Å². The monoisotopic (exact) mass is 399 g/mol. The molecule has 1 fully saturated rings. The summed E-state index contributed by atoms with van der Waals surface area (Å²) >= 11 is 0. The van der Waals surface area contributed by atoms with Crippen LogP contribution in [0, 0.1) is 5.82 Å². The number of piperazine rings is 1. The van der Waals surface area contributed by atoms with Crippen molar-refractivity contribution in [2.75, 3.05) is 62.2 Å². The molecule has 1 aliphatic heterocycles. The molecule has 0 radical (unpaired) electrons. The van der Waals surface area contributed by atoms with Crippen molar-refractivity contribution >= 4 is 17.4 Å². The summed E-state index contributed by atoms with van der Waals surface area (Å²) in [5.74, 6) is 0.597. The van der Waals surface area contributed by atoms with E-state index in [1.165, 1.54) is 12.1 Å². The number of rotatable bonds is 8. The first-order valence-corrected chi connectivity index (χ1v) is 10.3. The Balaban J connectivity index is 1.40. The predicted molar refractivity (Wildman–Crippen MR) is 115 cm³/mol. The molecule has 6 nitrogen and oxygen atoms in total. The minimum absolute atomic E-state index is 0.0893. The Bertz CT molecular complexity index is 769. The first-order chi connectivity index (χ1) is 14.1. The Labute approximate surface area is 172 Å². The van der Waals surface area contributed by atoms with Gasteiger partial charge < -0.3 is 15.1 Å². The normalized spacial score (nSPS) is 14.7. The van der Waals surface area contributed by atoms with Crippen LogP contribution in [0.25, 0.3) is 0 Å². The summed E-state index contributed by atoms with van der Waals surface area (Å²) in [4.78, 5) is 23.5. The minimum atomic E-state index is -0.207. The van der Waals surface area contributed by atoms with Crippen LogP contribution in [0.15, 0.2) is 42.6 Å². The molecule has 7 heteroatoms. The second-order valence-electron chi connectivity index (χ2n) is 7.14. The fourth-order valence-electron chi connectivity index (χ4n) is 3.57. The van der Waals surface area contributed by atoms with Crippen LogP contribution < -0.4 is 15.1 Å². The van der Waals surface area contributed by atoms with Crippen LogP contribution in [0.1, 0.15) is 24.2 Å². The molecule has 1 amide bonds. The predicted octanol–water partition coefficient (Wildman–Crippen LogP) is 2.62. The fraction of sp³-hybridized carbons (Fsp3) is 0.455. The van der Waals surface area contributed by atoms with Gasteiger partial charge in [-0.05, 0) is 50.2 Å².